The van der Waals surface area contributed by atoms with Gasteiger partial charge in [0.2, 0.25) is 0 Å². The maximum atomic E-state index is 14.2. The lowest BCUT2D eigenvalue weighted by molar-refractivity contribution is -0.388. The molecule has 2 aliphatic carbocycles. The van der Waals surface area contributed by atoms with E-state index < -0.39 is 49.5 Å². The van der Waals surface area contributed by atoms with Crippen molar-refractivity contribution in [2.24, 2.45) is 11.3 Å². The van der Waals surface area contributed by atoms with Crippen LogP contribution < -0.4 is 23.8 Å². The Morgan fingerprint density at radius 2 is 1.77 bits per heavy atom. The zero-order chi connectivity index (χ0) is 49.1. The second kappa shape index (κ2) is 18.9. The maximum absolute atomic E-state index is 14.2. The van der Waals surface area contributed by atoms with Crippen molar-refractivity contribution in [1.82, 2.24) is 19.6 Å². The summed E-state index contributed by atoms with van der Waals surface area (Å²) in [6.45, 7) is 5.75. The van der Waals surface area contributed by atoms with Crippen LogP contribution >= 0.6 is 11.8 Å². The van der Waals surface area contributed by atoms with Gasteiger partial charge in [-0.3, -0.25) is 19.8 Å². The molecular formula is C51H58F2N6O9S2. The second-order valence-corrected chi connectivity index (χ2v) is 23.3. The molecular weight excluding hydrogens is 943 g/mol. The minimum absolute atomic E-state index is 0.00653. The average Bonchev–Trinajstić information content (AvgIpc) is 4.00. The summed E-state index contributed by atoms with van der Waals surface area (Å²) in [6.07, 6.45) is 10.7. The zero-order valence-corrected chi connectivity index (χ0v) is 41.0. The van der Waals surface area contributed by atoms with Crippen molar-refractivity contribution in [3.63, 3.8) is 0 Å². The minimum atomic E-state index is -4.79. The van der Waals surface area contributed by atoms with E-state index in [1.165, 1.54) is 47.5 Å². The number of halogens is 2. The van der Waals surface area contributed by atoms with Crippen LogP contribution in [0.4, 0.5) is 20.2 Å². The number of sulfonamides is 1. The molecule has 5 heterocycles. The van der Waals surface area contributed by atoms with Crippen molar-refractivity contribution >= 4 is 50.1 Å². The third-order valence-electron chi connectivity index (χ3n) is 15.4. The largest absolute Gasteiger partial charge is 0.491 e. The smallest absolute Gasteiger partial charge is 0.388 e. The molecule has 372 valence electrons. The van der Waals surface area contributed by atoms with Gasteiger partial charge < -0.3 is 29.2 Å². The number of alkyl halides is 2. The molecule has 10 rings (SSSR count). The van der Waals surface area contributed by atoms with Crippen LogP contribution in [0.25, 0.3) is 11.0 Å². The Morgan fingerprint density at radius 3 is 2.50 bits per heavy atom. The van der Waals surface area contributed by atoms with Crippen LogP contribution in [0.2, 0.25) is 0 Å². The molecule has 3 aliphatic heterocycles. The number of benzene rings is 3. The van der Waals surface area contributed by atoms with Crippen LogP contribution in [-0.2, 0) is 10.0 Å². The van der Waals surface area contributed by atoms with E-state index in [1.807, 2.05) is 0 Å². The number of piperidine rings is 1. The van der Waals surface area contributed by atoms with Gasteiger partial charge in [-0.2, -0.15) is 13.8 Å². The van der Waals surface area contributed by atoms with E-state index in [4.69, 9.17) is 14.2 Å². The Labute approximate surface area is 409 Å². The lowest BCUT2D eigenvalue weighted by Crippen LogP contribution is -2.54. The van der Waals surface area contributed by atoms with Crippen LogP contribution in [0, 0.1) is 21.4 Å². The number of amides is 1. The van der Waals surface area contributed by atoms with Crippen LogP contribution in [0.15, 0.2) is 82.7 Å². The number of nitrogens with zero attached hydrogens (tertiary/aromatic N) is 4. The van der Waals surface area contributed by atoms with Crippen LogP contribution in [0.1, 0.15) is 118 Å². The van der Waals surface area contributed by atoms with E-state index in [9.17, 15) is 37.2 Å². The quantitative estimate of drug-likeness (QED) is 0.0747. The highest BCUT2D eigenvalue weighted by atomic mass is 32.2. The second-order valence-electron chi connectivity index (χ2n) is 20.4. The molecule has 19 heteroatoms. The Kier molecular flexibility index (Phi) is 13.0. The van der Waals surface area contributed by atoms with E-state index in [-0.39, 0.29) is 56.5 Å². The van der Waals surface area contributed by atoms with E-state index in [0.29, 0.717) is 67.8 Å². The first-order valence-electron chi connectivity index (χ1n) is 24.2. The number of thioether (sulfide) groups is 1. The predicted octanol–water partition coefficient (Wildman–Crippen LogP) is 10.5. The molecule has 4 fully saturated rings. The van der Waals surface area contributed by atoms with Crippen molar-refractivity contribution in [2.75, 3.05) is 31.1 Å². The molecule has 5 aliphatic rings. The molecule has 3 N–H and O–H groups in total. The Balaban J connectivity index is 0.888. The lowest BCUT2D eigenvalue weighted by Gasteiger charge is -2.56. The number of ether oxygens (including phenoxy) is 3. The number of hydrogen-bond donors (Lipinski definition) is 3. The van der Waals surface area contributed by atoms with Crippen molar-refractivity contribution in [3.8, 4) is 23.1 Å². The summed E-state index contributed by atoms with van der Waals surface area (Å²) in [4.78, 5) is 37.6. The first-order chi connectivity index (χ1) is 33.4. The van der Waals surface area contributed by atoms with Crippen LogP contribution in [0.3, 0.4) is 0 Å². The summed E-state index contributed by atoms with van der Waals surface area (Å²) in [5, 5.41) is 23.3. The lowest BCUT2D eigenvalue weighted by atomic mass is 9.59. The number of hydrogen-bond acceptors (Lipinski definition) is 13. The van der Waals surface area contributed by atoms with Crippen molar-refractivity contribution in [2.45, 2.75) is 130 Å². The number of rotatable bonds is 13. The summed E-state index contributed by atoms with van der Waals surface area (Å²) in [7, 11) is -4.79. The number of aliphatic hydroxyl groups is 1. The molecule has 2 saturated carbocycles. The molecule has 3 aromatic carbocycles. The molecule has 0 unspecified atom stereocenters. The number of fused-ring (bicyclic) bond motifs is 2. The average molecular weight is 1000 g/mol. The van der Waals surface area contributed by atoms with Crippen molar-refractivity contribution in [1.29, 1.82) is 0 Å². The fourth-order valence-corrected chi connectivity index (χ4v) is 13.9. The minimum Gasteiger partial charge on any atom is -0.491 e. The van der Waals surface area contributed by atoms with Gasteiger partial charge in [0.15, 0.2) is 5.75 Å². The summed E-state index contributed by atoms with van der Waals surface area (Å²) in [5.41, 5.74) is 2.50. The summed E-state index contributed by atoms with van der Waals surface area (Å²) in [5.74, 6) is -1.49. The van der Waals surface area contributed by atoms with Crippen LogP contribution in [-0.4, -0.2) is 89.0 Å². The Morgan fingerprint density at radius 1 is 1.01 bits per heavy atom. The van der Waals surface area contributed by atoms with Gasteiger partial charge in [0, 0.05) is 65.9 Å². The molecule has 2 saturated heterocycles. The van der Waals surface area contributed by atoms with E-state index >= 15 is 0 Å². The number of nitro benzene ring substituents is 1. The third-order valence-corrected chi connectivity index (χ3v) is 18.2. The molecule has 1 amide bonds. The number of nitro groups is 1. The molecule has 15 nitrogen and oxygen atoms in total. The van der Waals surface area contributed by atoms with Gasteiger partial charge in [-0.25, -0.2) is 13.1 Å². The third kappa shape index (κ3) is 9.65. The molecule has 1 spiro atoms. The summed E-state index contributed by atoms with van der Waals surface area (Å²) >= 11 is 1.26. The number of carbonyl (C=O) groups is 1. The number of anilines is 1. The molecule has 0 radical (unpaired) electrons. The summed E-state index contributed by atoms with van der Waals surface area (Å²) in [6, 6.07) is 19.6. The first kappa shape index (κ1) is 48.1. The van der Waals surface area contributed by atoms with Crippen molar-refractivity contribution in [3.05, 3.63) is 99.7 Å². The molecule has 70 heavy (non-hydrogen) atoms. The Hall–Kier alpha value is -5.50. The van der Waals surface area contributed by atoms with Gasteiger partial charge in [0.25, 0.3) is 27.5 Å². The normalized spacial score (nSPS) is 23.8. The standard InChI is InChI=1S/C51H58F2N6O9S2/c1-30(2)36-7-4-5-8-37(36)39-9-6-20-58(39)34-27-51(28-34)17-21-57(22-18-51)33-10-11-38(41(24-33)67-43-23-32-14-19-54-46(32)55-48(43)68-49(52)53)47(60)56-70(64,65)35-25-40(59(62)63)45-42(26-35)66-29-44(69-45)31-12-15-50(3,61)16-13-31/h4-5,7-8,10-11,14,19,23-26,30-31,34,39,44,49,61H,6,9,12-13,15-18,20-22,27-29H2,1-3H3,(H,54,55)(H,56,60)/t31?,39-,44+,50?/m0/s1. The predicted molar refractivity (Wildman–Crippen MR) is 261 cm³/mol. The van der Waals surface area contributed by atoms with Gasteiger partial charge in [-0.1, -0.05) is 38.1 Å². The number of aromatic amines is 1. The molecule has 2 aromatic heterocycles. The van der Waals surface area contributed by atoms with Gasteiger partial charge in [-0.05, 0) is 130 Å². The Bertz CT molecular complexity index is 2910. The van der Waals surface area contributed by atoms with Crippen LogP contribution in [0.5, 0.6) is 23.1 Å². The highest BCUT2D eigenvalue weighted by Gasteiger charge is 2.50. The first-order valence-corrected chi connectivity index (χ1v) is 26.6. The molecule has 5 aromatic rings. The van der Waals surface area contributed by atoms with Gasteiger partial charge in [0.05, 0.1) is 21.0 Å². The number of pyridine rings is 1. The maximum Gasteiger partial charge on any atom is 0.388 e. The fourth-order valence-electron chi connectivity index (χ4n) is 11.5. The number of carbonyl (C=O) groups excluding carboxylic acids is 1. The zero-order valence-electron chi connectivity index (χ0n) is 39.4. The number of aromatic nitrogens is 2. The SMILES string of the molecule is CC(C)c1ccccc1[C@@H]1CCCN1C1CC2(CCN(c3ccc(C(=O)NS(=O)(=O)c4cc5c(c([N+](=O)[O-])c4)S[C@@H](C4CCC(C)(O)CC4)CO5)c(Oc4cc5cc[nH]c5nc4OC(F)F)c3)CC2)C1. The van der Waals surface area contributed by atoms with Crippen molar-refractivity contribution < 1.29 is 46.2 Å². The number of H-pyrrole nitrogens is 1. The molecule has 0 bridgehead atoms. The topological polar surface area (TPSA) is 189 Å². The van der Waals surface area contributed by atoms with E-state index in [0.717, 1.165) is 44.7 Å². The van der Waals surface area contributed by atoms with Gasteiger partial charge >= 0.3 is 6.61 Å². The monoisotopic (exact) mass is 1000 g/mol. The van der Waals surface area contributed by atoms with Gasteiger partial charge in [-0.15, -0.1) is 11.8 Å². The van der Waals surface area contributed by atoms with Gasteiger partial charge in [0.1, 0.15) is 28.6 Å². The number of likely N-dealkylation sites (tertiary alicyclic amines) is 1. The fraction of sp³-hybridized carbons (Fsp3) is 0.490. The van der Waals surface area contributed by atoms with E-state index in [2.05, 4.69) is 62.6 Å². The molecule has 2 atom stereocenters. The number of nitrogens with one attached hydrogen (secondary N) is 2. The van der Waals surface area contributed by atoms with E-state index in [1.54, 1.807) is 31.3 Å². The highest BCUT2D eigenvalue weighted by molar-refractivity contribution is 8.00. The summed E-state index contributed by atoms with van der Waals surface area (Å²) < 4.78 is 74.7. The highest BCUT2D eigenvalue weighted by Crippen LogP contribution is 2.55.